The predicted molar refractivity (Wildman–Crippen MR) is 77.7 cm³/mol. The summed E-state index contributed by atoms with van der Waals surface area (Å²) >= 11 is 0. The number of fused-ring (bicyclic) bond motifs is 1. The Morgan fingerprint density at radius 1 is 1.50 bits per heavy atom. The van der Waals surface area contributed by atoms with Gasteiger partial charge in [0.2, 0.25) is 5.91 Å². The van der Waals surface area contributed by atoms with Gasteiger partial charge in [0.15, 0.2) is 0 Å². The third-order valence-corrected chi connectivity index (χ3v) is 3.84. The van der Waals surface area contributed by atoms with Gasteiger partial charge in [-0.25, -0.2) is 4.98 Å². The van der Waals surface area contributed by atoms with E-state index in [-0.39, 0.29) is 11.8 Å². The Morgan fingerprint density at radius 3 is 3.15 bits per heavy atom. The predicted octanol–water partition coefficient (Wildman–Crippen LogP) is 0.842. The molecule has 20 heavy (non-hydrogen) atoms. The third-order valence-electron chi connectivity index (χ3n) is 3.84. The molecule has 1 unspecified atom stereocenters. The first-order valence-corrected chi connectivity index (χ1v) is 6.87. The number of nitrogen functional groups attached to an aromatic ring is 1. The standard InChI is InChI=1S/C14H19N5O/c15-10-3-4-11-12(6-10)18-13(17-11)8-19-5-1-2-9(7-19)14(16)20/h3-4,6,9H,1-2,5,7-8,15H2,(H2,16,20)(H,17,18). The van der Waals surface area contributed by atoms with E-state index in [1.165, 1.54) is 0 Å². The Morgan fingerprint density at radius 2 is 2.35 bits per heavy atom. The maximum absolute atomic E-state index is 11.3. The summed E-state index contributed by atoms with van der Waals surface area (Å²) < 4.78 is 0. The van der Waals surface area contributed by atoms with Crippen LogP contribution in [0, 0.1) is 5.92 Å². The molecule has 106 valence electrons. The molecule has 1 saturated heterocycles. The van der Waals surface area contributed by atoms with Crippen LogP contribution >= 0.6 is 0 Å². The fourth-order valence-corrected chi connectivity index (χ4v) is 2.80. The molecular weight excluding hydrogens is 254 g/mol. The van der Waals surface area contributed by atoms with Crippen molar-refractivity contribution in [3.8, 4) is 0 Å². The highest BCUT2D eigenvalue weighted by atomic mass is 16.1. The number of primary amides is 1. The average molecular weight is 273 g/mol. The second kappa shape index (κ2) is 5.13. The highest BCUT2D eigenvalue weighted by molar-refractivity contribution is 5.78. The summed E-state index contributed by atoms with van der Waals surface area (Å²) in [6.45, 7) is 2.40. The highest BCUT2D eigenvalue weighted by Gasteiger charge is 2.24. The molecule has 1 aromatic carbocycles. The molecule has 0 aliphatic carbocycles. The number of piperidine rings is 1. The van der Waals surface area contributed by atoms with Gasteiger partial charge in [-0.3, -0.25) is 9.69 Å². The zero-order valence-electron chi connectivity index (χ0n) is 11.3. The minimum atomic E-state index is -0.202. The summed E-state index contributed by atoms with van der Waals surface area (Å²) in [6, 6.07) is 5.64. The quantitative estimate of drug-likeness (QED) is 0.721. The van der Waals surface area contributed by atoms with Crippen molar-refractivity contribution in [2.75, 3.05) is 18.8 Å². The molecule has 3 rings (SSSR count). The minimum absolute atomic E-state index is 0.0382. The van der Waals surface area contributed by atoms with Crippen molar-refractivity contribution < 1.29 is 4.79 Å². The molecule has 0 radical (unpaired) electrons. The number of H-pyrrole nitrogens is 1. The molecule has 0 spiro atoms. The number of nitrogens with one attached hydrogen (secondary N) is 1. The SMILES string of the molecule is NC(=O)C1CCCN(Cc2nc3ccc(N)cc3[nH]2)C1. The lowest BCUT2D eigenvalue weighted by Crippen LogP contribution is -2.40. The number of carbonyl (C=O) groups excluding carboxylic acids is 1. The Hall–Kier alpha value is -2.08. The lowest BCUT2D eigenvalue weighted by molar-refractivity contribution is -0.123. The average Bonchev–Trinajstić information content (AvgIpc) is 2.80. The smallest absolute Gasteiger partial charge is 0.221 e. The van der Waals surface area contributed by atoms with Crippen LogP contribution in [0.3, 0.4) is 0 Å². The molecule has 0 saturated carbocycles. The molecule has 2 heterocycles. The molecule has 5 N–H and O–H groups in total. The van der Waals surface area contributed by atoms with Gasteiger partial charge in [-0.05, 0) is 37.6 Å². The van der Waals surface area contributed by atoms with Gasteiger partial charge in [-0.15, -0.1) is 0 Å². The number of hydrogen-bond acceptors (Lipinski definition) is 4. The molecule has 2 aromatic rings. The van der Waals surface area contributed by atoms with Gasteiger partial charge in [0.1, 0.15) is 5.82 Å². The zero-order chi connectivity index (χ0) is 14.1. The number of aromatic nitrogens is 2. The fourth-order valence-electron chi connectivity index (χ4n) is 2.80. The largest absolute Gasteiger partial charge is 0.399 e. The molecule has 1 aliphatic rings. The van der Waals surface area contributed by atoms with E-state index in [0.29, 0.717) is 13.1 Å². The molecule has 1 aromatic heterocycles. The third kappa shape index (κ3) is 2.60. The molecule has 1 atom stereocenters. The van der Waals surface area contributed by atoms with Crippen LogP contribution in [-0.4, -0.2) is 33.9 Å². The number of benzene rings is 1. The second-order valence-electron chi connectivity index (χ2n) is 5.44. The normalized spacial score (nSPS) is 20.3. The van der Waals surface area contributed by atoms with Crippen molar-refractivity contribution in [3.05, 3.63) is 24.0 Å². The van der Waals surface area contributed by atoms with E-state index in [1.54, 1.807) is 0 Å². The number of aromatic amines is 1. The van der Waals surface area contributed by atoms with Crippen LogP contribution < -0.4 is 11.5 Å². The monoisotopic (exact) mass is 273 g/mol. The van der Waals surface area contributed by atoms with Gasteiger partial charge < -0.3 is 16.5 Å². The van der Waals surface area contributed by atoms with Crippen LogP contribution in [0.5, 0.6) is 0 Å². The maximum Gasteiger partial charge on any atom is 0.221 e. The maximum atomic E-state index is 11.3. The van der Waals surface area contributed by atoms with Crippen LogP contribution in [0.4, 0.5) is 5.69 Å². The van der Waals surface area contributed by atoms with E-state index < -0.39 is 0 Å². The number of imidazole rings is 1. The van der Waals surface area contributed by atoms with Gasteiger partial charge in [0.05, 0.1) is 23.5 Å². The number of rotatable bonds is 3. The van der Waals surface area contributed by atoms with Crippen LogP contribution in [0.2, 0.25) is 0 Å². The van der Waals surface area contributed by atoms with Crippen LogP contribution in [0.25, 0.3) is 11.0 Å². The molecule has 0 bridgehead atoms. The van der Waals surface area contributed by atoms with Gasteiger partial charge >= 0.3 is 0 Å². The summed E-state index contributed by atoms with van der Waals surface area (Å²) in [5.74, 6) is 0.659. The van der Waals surface area contributed by atoms with Crippen molar-refractivity contribution in [2.24, 2.45) is 11.7 Å². The van der Waals surface area contributed by atoms with E-state index in [9.17, 15) is 4.79 Å². The number of likely N-dealkylation sites (tertiary alicyclic amines) is 1. The summed E-state index contributed by atoms with van der Waals surface area (Å²) in [7, 11) is 0. The molecule has 1 fully saturated rings. The number of nitrogens with two attached hydrogens (primary N) is 2. The van der Waals surface area contributed by atoms with Gasteiger partial charge in [0.25, 0.3) is 0 Å². The summed E-state index contributed by atoms with van der Waals surface area (Å²) in [5, 5.41) is 0. The molecular formula is C14H19N5O. The van der Waals surface area contributed by atoms with Crippen molar-refractivity contribution in [1.29, 1.82) is 0 Å². The fraction of sp³-hybridized carbons (Fsp3) is 0.429. The van der Waals surface area contributed by atoms with Crippen molar-refractivity contribution in [3.63, 3.8) is 0 Å². The second-order valence-corrected chi connectivity index (χ2v) is 5.44. The molecule has 6 nitrogen and oxygen atoms in total. The van der Waals surface area contributed by atoms with E-state index >= 15 is 0 Å². The first kappa shape index (κ1) is 12.9. The van der Waals surface area contributed by atoms with Crippen molar-refractivity contribution in [1.82, 2.24) is 14.9 Å². The topological polar surface area (TPSA) is 101 Å². The summed E-state index contributed by atoms with van der Waals surface area (Å²) in [5.41, 5.74) is 13.7. The van der Waals surface area contributed by atoms with Crippen molar-refractivity contribution in [2.45, 2.75) is 19.4 Å². The molecule has 6 heteroatoms. The number of hydrogen-bond donors (Lipinski definition) is 3. The zero-order valence-corrected chi connectivity index (χ0v) is 11.3. The van der Waals surface area contributed by atoms with Crippen LogP contribution in [-0.2, 0) is 11.3 Å². The van der Waals surface area contributed by atoms with E-state index in [1.807, 2.05) is 18.2 Å². The lowest BCUT2D eigenvalue weighted by atomic mass is 9.97. The first-order valence-electron chi connectivity index (χ1n) is 6.87. The Labute approximate surface area is 117 Å². The number of anilines is 1. The molecule has 1 amide bonds. The number of carbonyl (C=O) groups is 1. The number of nitrogens with zero attached hydrogens (tertiary/aromatic N) is 2. The Kier molecular flexibility index (Phi) is 3.31. The number of amides is 1. The van der Waals surface area contributed by atoms with Crippen molar-refractivity contribution >= 4 is 22.6 Å². The van der Waals surface area contributed by atoms with Gasteiger partial charge in [-0.2, -0.15) is 0 Å². The highest BCUT2D eigenvalue weighted by Crippen LogP contribution is 2.19. The van der Waals surface area contributed by atoms with Crippen LogP contribution in [0.15, 0.2) is 18.2 Å². The first-order chi connectivity index (χ1) is 9.61. The Bertz CT molecular complexity index is 636. The minimum Gasteiger partial charge on any atom is -0.399 e. The van der Waals surface area contributed by atoms with Crippen LogP contribution in [0.1, 0.15) is 18.7 Å². The van der Waals surface area contributed by atoms with E-state index in [0.717, 1.165) is 41.9 Å². The van der Waals surface area contributed by atoms with E-state index in [4.69, 9.17) is 11.5 Å². The Balaban J connectivity index is 1.74. The van der Waals surface area contributed by atoms with Gasteiger partial charge in [-0.1, -0.05) is 0 Å². The van der Waals surface area contributed by atoms with Gasteiger partial charge in [0, 0.05) is 12.2 Å². The molecule has 1 aliphatic heterocycles. The summed E-state index contributed by atoms with van der Waals surface area (Å²) in [6.07, 6.45) is 1.89. The van der Waals surface area contributed by atoms with E-state index in [2.05, 4.69) is 14.9 Å². The lowest BCUT2D eigenvalue weighted by Gasteiger charge is -2.30. The summed E-state index contributed by atoms with van der Waals surface area (Å²) in [4.78, 5) is 21.3.